The first-order valence-electron chi connectivity index (χ1n) is 11.4. The third-order valence-corrected chi connectivity index (χ3v) is 6.31. The highest BCUT2D eigenvalue weighted by molar-refractivity contribution is 6.06. The zero-order valence-corrected chi connectivity index (χ0v) is 19.3. The van der Waals surface area contributed by atoms with E-state index >= 15 is 0 Å². The molecule has 1 heterocycles. The Bertz CT molecular complexity index is 1150. The van der Waals surface area contributed by atoms with Crippen LogP contribution in [-0.2, 0) is 9.59 Å². The van der Waals surface area contributed by atoms with Crippen LogP contribution in [0.25, 0.3) is 0 Å². The Kier molecular flexibility index (Phi) is 6.06. The van der Waals surface area contributed by atoms with Crippen LogP contribution in [0.2, 0.25) is 0 Å². The highest BCUT2D eigenvalue weighted by atomic mass is 16.6. The number of fused-ring (bicyclic) bond motifs is 1. The fraction of sp³-hybridized carbons (Fsp3) is 0.385. The lowest BCUT2D eigenvalue weighted by Crippen LogP contribution is -2.39. The van der Waals surface area contributed by atoms with Gasteiger partial charge in [0.05, 0.1) is 22.3 Å². The maximum atomic E-state index is 13.6. The van der Waals surface area contributed by atoms with Crippen molar-refractivity contribution in [2.75, 3.05) is 10.2 Å². The number of carbonyl (C=O) groups is 2. The Morgan fingerprint density at radius 1 is 1.18 bits per heavy atom. The number of nitro benzene ring substituents is 1. The average Bonchev–Trinajstić information content (AvgIpc) is 2.91. The zero-order chi connectivity index (χ0) is 23.8. The minimum absolute atomic E-state index is 0.0358. The van der Waals surface area contributed by atoms with Crippen LogP contribution in [0.15, 0.2) is 59.8 Å². The van der Waals surface area contributed by atoms with Crippen LogP contribution < -0.4 is 10.2 Å². The number of unbranched alkanes of at least 4 members (excludes halogenated alkanes) is 1. The van der Waals surface area contributed by atoms with Crippen LogP contribution >= 0.6 is 0 Å². The molecule has 1 aliphatic heterocycles. The Morgan fingerprint density at radius 3 is 2.67 bits per heavy atom. The molecule has 7 heteroatoms. The molecule has 0 saturated heterocycles. The molecule has 0 unspecified atom stereocenters. The van der Waals surface area contributed by atoms with Gasteiger partial charge in [0.25, 0.3) is 5.69 Å². The van der Waals surface area contributed by atoms with Crippen molar-refractivity contribution in [3.63, 3.8) is 0 Å². The summed E-state index contributed by atoms with van der Waals surface area (Å²) in [6.45, 7) is 6.13. The maximum absolute atomic E-state index is 13.6. The second-order valence-corrected chi connectivity index (χ2v) is 9.60. The normalized spacial score (nSPS) is 19.3. The molecule has 1 N–H and O–H groups in total. The molecule has 0 radical (unpaired) electrons. The summed E-state index contributed by atoms with van der Waals surface area (Å²) in [6.07, 6.45) is 2.91. The van der Waals surface area contributed by atoms with Gasteiger partial charge in [0.15, 0.2) is 5.78 Å². The third kappa shape index (κ3) is 4.40. The maximum Gasteiger partial charge on any atom is 0.269 e. The summed E-state index contributed by atoms with van der Waals surface area (Å²) in [5.74, 6) is -0.139. The van der Waals surface area contributed by atoms with Crippen LogP contribution in [0.1, 0.15) is 64.5 Å². The van der Waals surface area contributed by atoms with Crippen molar-refractivity contribution in [2.45, 2.75) is 58.9 Å². The number of carbonyl (C=O) groups excluding carboxylic acids is 2. The summed E-state index contributed by atoms with van der Waals surface area (Å²) >= 11 is 0. The fourth-order valence-corrected chi connectivity index (χ4v) is 4.83. The number of para-hydroxylation sites is 2. The second kappa shape index (κ2) is 8.81. The molecular weight excluding hydrogens is 418 g/mol. The predicted octanol–water partition coefficient (Wildman–Crippen LogP) is 5.93. The van der Waals surface area contributed by atoms with Crippen LogP contribution in [0.3, 0.4) is 0 Å². The van der Waals surface area contributed by atoms with E-state index in [1.54, 1.807) is 17.0 Å². The quantitative estimate of drug-likeness (QED) is 0.453. The Labute approximate surface area is 193 Å². The van der Waals surface area contributed by atoms with Crippen molar-refractivity contribution < 1.29 is 14.5 Å². The summed E-state index contributed by atoms with van der Waals surface area (Å²) in [6, 6.07) is 13.1. The summed E-state index contributed by atoms with van der Waals surface area (Å²) in [4.78, 5) is 39.9. The van der Waals surface area contributed by atoms with Crippen molar-refractivity contribution in [1.29, 1.82) is 0 Å². The smallest absolute Gasteiger partial charge is 0.269 e. The Morgan fingerprint density at radius 2 is 1.94 bits per heavy atom. The number of Topliss-reactive ketones (excluding diaryl/α,β-unsaturated/α-hetero) is 1. The molecule has 2 aliphatic rings. The van der Waals surface area contributed by atoms with E-state index in [-0.39, 0.29) is 22.8 Å². The number of amides is 1. The van der Waals surface area contributed by atoms with Crippen molar-refractivity contribution >= 4 is 28.8 Å². The number of hydrogen-bond acceptors (Lipinski definition) is 5. The van der Waals surface area contributed by atoms with Gasteiger partial charge in [0, 0.05) is 36.2 Å². The molecule has 1 aliphatic carbocycles. The van der Waals surface area contributed by atoms with Gasteiger partial charge in [0.2, 0.25) is 5.91 Å². The van der Waals surface area contributed by atoms with Gasteiger partial charge in [-0.3, -0.25) is 24.6 Å². The number of nitro groups is 1. The van der Waals surface area contributed by atoms with E-state index in [0.717, 1.165) is 24.2 Å². The zero-order valence-electron chi connectivity index (χ0n) is 19.3. The number of allylic oxidation sites excluding steroid dienone is 1. The standard InChI is InChI=1S/C26H29N3O4/c1-4-5-13-23(31)28-21-12-7-6-11-19(21)27-20-15-26(2,3)16-22(30)24(20)25(28)17-9-8-10-18(14-17)29(32)33/h6-12,14,25,27H,4-5,13,15-16H2,1-3H3/t25-/m0/s1. The first-order chi connectivity index (χ1) is 15.7. The predicted molar refractivity (Wildman–Crippen MR) is 128 cm³/mol. The van der Waals surface area contributed by atoms with Gasteiger partial charge in [-0.1, -0.05) is 51.5 Å². The van der Waals surface area contributed by atoms with Crippen molar-refractivity contribution in [1.82, 2.24) is 0 Å². The fourth-order valence-electron chi connectivity index (χ4n) is 4.83. The molecule has 33 heavy (non-hydrogen) atoms. The van der Waals surface area contributed by atoms with E-state index in [9.17, 15) is 19.7 Å². The summed E-state index contributed by atoms with van der Waals surface area (Å²) in [7, 11) is 0. The highest BCUT2D eigenvalue weighted by Gasteiger charge is 2.43. The summed E-state index contributed by atoms with van der Waals surface area (Å²) in [5, 5.41) is 15.0. The van der Waals surface area contributed by atoms with Gasteiger partial charge >= 0.3 is 0 Å². The molecule has 172 valence electrons. The number of ketones is 1. The molecule has 0 spiro atoms. The molecule has 4 rings (SSSR count). The van der Waals surface area contributed by atoms with Crippen molar-refractivity contribution in [3.8, 4) is 0 Å². The molecule has 1 atom stereocenters. The van der Waals surface area contributed by atoms with Crippen molar-refractivity contribution in [3.05, 3.63) is 75.5 Å². The van der Waals surface area contributed by atoms with E-state index in [2.05, 4.69) is 19.2 Å². The van der Waals surface area contributed by atoms with Gasteiger partial charge < -0.3 is 5.32 Å². The molecule has 7 nitrogen and oxygen atoms in total. The lowest BCUT2D eigenvalue weighted by molar-refractivity contribution is -0.384. The van der Waals surface area contributed by atoms with Crippen LogP contribution in [-0.4, -0.2) is 16.6 Å². The highest BCUT2D eigenvalue weighted by Crippen LogP contribution is 2.48. The topological polar surface area (TPSA) is 92.6 Å². The SMILES string of the molecule is CCCCC(=O)N1c2ccccc2NC2=C(C(=O)CC(C)(C)C2)[C@@H]1c1cccc([N+](=O)[O-])c1. The lowest BCUT2D eigenvalue weighted by Gasteiger charge is -2.37. The minimum atomic E-state index is -0.732. The molecule has 0 saturated carbocycles. The van der Waals surface area contributed by atoms with Gasteiger partial charge in [-0.2, -0.15) is 0 Å². The number of rotatable bonds is 5. The number of benzene rings is 2. The van der Waals surface area contributed by atoms with Gasteiger partial charge in [-0.15, -0.1) is 0 Å². The first-order valence-corrected chi connectivity index (χ1v) is 11.4. The molecule has 1 amide bonds. The number of nitrogens with zero attached hydrogens (tertiary/aromatic N) is 2. The number of hydrogen-bond donors (Lipinski definition) is 1. The monoisotopic (exact) mass is 447 g/mol. The molecule has 0 fully saturated rings. The molecule has 2 aromatic carbocycles. The van der Waals surface area contributed by atoms with Crippen LogP contribution in [0, 0.1) is 15.5 Å². The second-order valence-electron chi connectivity index (χ2n) is 9.60. The van der Waals surface area contributed by atoms with Crippen LogP contribution in [0.5, 0.6) is 0 Å². The number of nitrogens with one attached hydrogen (secondary N) is 1. The molecule has 2 aromatic rings. The number of non-ortho nitro benzene ring substituents is 1. The Hall–Kier alpha value is -3.48. The Balaban J connectivity index is 1.99. The molecule has 0 aromatic heterocycles. The summed E-state index contributed by atoms with van der Waals surface area (Å²) in [5.41, 5.74) is 3.01. The third-order valence-electron chi connectivity index (χ3n) is 6.31. The van der Waals surface area contributed by atoms with E-state index in [4.69, 9.17) is 0 Å². The molecular formula is C26H29N3O4. The van der Waals surface area contributed by atoms with E-state index in [0.29, 0.717) is 36.1 Å². The average molecular weight is 448 g/mol. The number of anilines is 2. The van der Waals surface area contributed by atoms with Crippen molar-refractivity contribution in [2.24, 2.45) is 5.41 Å². The van der Waals surface area contributed by atoms with E-state index < -0.39 is 11.0 Å². The first kappa shape index (κ1) is 22.7. The lowest BCUT2D eigenvalue weighted by atomic mass is 9.73. The van der Waals surface area contributed by atoms with E-state index in [1.807, 2.05) is 31.2 Å². The van der Waals surface area contributed by atoms with Gasteiger partial charge in [-0.25, -0.2) is 0 Å². The van der Waals surface area contributed by atoms with E-state index in [1.165, 1.54) is 12.1 Å². The van der Waals surface area contributed by atoms with Gasteiger partial charge in [-0.05, 0) is 36.0 Å². The minimum Gasteiger partial charge on any atom is -0.357 e. The summed E-state index contributed by atoms with van der Waals surface area (Å²) < 4.78 is 0. The van der Waals surface area contributed by atoms with Gasteiger partial charge in [0.1, 0.15) is 0 Å². The largest absolute Gasteiger partial charge is 0.357 e. The van der Waals surface area contributed by atoms with Crippen LogP contribution in [0.4, 0.5) is 17.1 Å². The molecule has 0 bridgehead atoms.